The number of benzene rings is 1. The van der Waals surface area contributed by atoms with Crippen LogP contribution in [0.3, 0.4) is 0 Å². The second kappa shape index (κ2) is 6.29. The van der Waals surface area contributed by atoms with Crippen LogP contribution in [-0.2, 0) is 11.2 Å². The van der Waals surface area contributed by atoms with Crippen LogP contribution in [0.25, 0.3) is 0 Å². The van der Waals surface area contributed by atoms with Crippen molar-refractivity contribution in [2.45, 2.75) is 25.3 Å². The fourth-order valence-corrected chi connectivity index (χ4v) is 2.50. The molecule has 1 heterocycles. The highest BCUT2D eigenvalue weighted by Crippen LogP contribution is 2.15. The molecule has 1 aliphatic heterocycles. The van der Waals surface area contributed by atoms with E-state index in [-0.39, 0.29) is 17.8 Å². The lowest BCUT2D eigenvalue weighted by Gasteiger charge is -2.11. The lowest BCUT2D eigenvalue weighted by Crippen LogP contribution is -2.41. The van der Waals surface area contributed by atoms with Gasteiger partial charge in [-0.3, -0.25) is 4.79 Å². The molecule has 18 heavy (non-hydrogen) atoms. The number of carbonyl (C=O) groups is 1. The lowest BCUT2D eigenvalue weighted by atomic mass is 10.1. The number of nitrogens with one attached hydrogen (secondary N) is 2. The summed E-state index contributed by atoms with van der Waals surface area (Å²) in [6.07, 6.45) is 2.43. The molecule has 0 radical (unpaired) electrons. The minimum Gasteiger partial charge on any atom is -0.354 e. The quantitative estimate of drug-likeness (QED) is 0.892. The Bertz CT molecular complexity index is 433. The number of carbonyl (C=O) groups excluding carboxylic acids is 1. The molecule has 98 valence electrons. The van der Waals surface area contributed by atoms with Crippen LogP contribution in [0.5, 0.6) is 0 Å². The van der Waals surface area contributed by atoms with Gasteiger partial charge in [0.05, 0.1) is 6.04 Å². The summed E-state index contributed by atoms with van der Waals surface area (Å²) in [6.45, 7) is 1.36. The molecular weight excluding hydrogens is 299 g/mol. The summed E-state index contributed by atoms with van der Waals surface area (Å²) in [7, 11) is 0. The molecule has 1 saturated heterocycles. The molecule has 2 rings (SSSR count). The smallest absolute Gasteiger partial charge is 0.237 e. The third-order valence-corrected chi connectivity index (χ3v) is 3.57. The molecule has 0 aliphatic carbocycles. The van der Waals surface area contributed by atoms with E-state index in [4.69, 9.17) is 0 Å². The lowest BCUT2D eigenvalue weighted by molar-refractivity contribution is -0.122. The summed E-state index contributed by atoms with van der Waals surface area (Å²) in [5.74, 6) is -0.214. The predicted molar refractivity (Wildman–Crippen MR) is 71.8 cm³/mol. The van der Waals surface area contributed by atoms with E-state index in [0.717, 1.165) is 23.9 Å². The molecule has 1 aliphatic rings. The van der Waals surface area contributed by atoms with Gasteiger partial charge < -0.3 is 10.6 Å². The van der Waals surface area contributed by atoms with Gasteiger partial charge in [0.15, 0.2) is 0 Å². The van der Waals surface area contributed by atoms with Crippen LogP contribution in [0.2, 0.25) is 0 Å². The molecule has 5 heteroatoms. The minimum atomic E-state index is -0.230. The molecule has 1 aromatic carbocycles. The number of amides is 1. The standard InChI is InChI=1S/C13H16BrFN2O/c14-10-3-4-11(15)9(8-10)5-7-17-13(18)12-2-1-6-16-12/h3-4,8,12,16H,1-2,5-7H2,(H,17,18). The Morgan fingerprint density at radius 3 is 3.11 bits per heavy atom. The predicted octanol–water partition coefficient (Wildman–Crippen LogP) is 2.00. The number of halogens is 2. The van der Waals surface area contributed by atoms with Crippen LogP contribution >= 0.6 is 15.9 Å². The van der Waals surface area contributed by atoms with Gasteiger partial charge in [-0.05, 0) is 49.6 Å². The molecule has 0 spiro atoms. The van der Waals surface area contributed by atoms with Crippen molar-refractivity contribution >= 4 is 21.8 Å². The average molecular weight is 315 g/mol. The van der Waals surface area contributed by atoms with E-state index in [9.17, 15) is 9.18 Å². The van der Waals surface area contributed by atoms with Crippen LogP contribution < -0.4 is 10.6 Å². The highest BCUT2D eigenvalue weighted by molar-refractivity contribution is 9.10. The zero-order valence-corrected chi connectivity index (χ0v) is 11.6. The van der Waals surface area contributed by atoms with Crippen molar-refractivity contribution in [3.05, 3.63) is 34.1 Å². The summed E-state index contributed by atoms with van der Waals surface area (Å²) >= 11 is 3.31. The normalized spacial score (nSPS) is 18.9. The first kappa shape index (κ1) is 13.5. The Balaban J connectivity index is 1.81. The Labute approximate surface area is 114 Å². The van der Waals surface area contributed by atoms with E-state index >= 15 is 0 Å². The molecular formula is C13H16BrFN2O. The molecule has 1 aromatic rings. The number of hydrogen-bond acceptors (Lipinski definition) is 2. The van der Waals surface area contributed by atoms with Crippen molar-refractivity contribution in [1.29, 1.82) is 0 Å². The molecule has 1 unspecified atom stereocenters. The summed E-state index contributed by atoms with van der Waals surface area (Å²) in [5, 5.41) is 5.97. The number of hydrogen-bond donors (Lipinski definition) is 2. The maximum Gasteiger partial charge on any atom is 0.237 e. The summed E-state index contributed by atoms with van der Waals surface area (Å²) in [4.78, 5) is 11.7. The topological polar surface area (TPSA) is 41.1 Å². The van der Waals surface area contributed by atoms with Gasteiger partial charge in [0.1, 0.15) is 5.82 Å². The van der Waals surface area contributed by atoms with Crippen molar-refractivity contribution in [3.63, 3.8) is 0 Å². The Morgan fingerprint density at radius 1 is 1.56 bits per heavy atom. The molecule has 1 amide bonds. The van der Waals surface area contributed by atoms with Crippen molar-refractivity contribution in [1.82, 2.24) is 10.6 Å². The zero-order valence-electron chi connectivity index (χ0n) is 10.0. The molecule has 0 saturated carbocycles. The molecule has 1 atom stereocenters. The van der Waals surface area contributed by atoms with E-state index < -0.39 is 0 Å². The van der Waals surface area contributed by atoms with Gasteiger partial charge in [-0.25, -0.2) is 4.39 Å². The Morgan fingerprint density at radius 2 is 2.39 bits per heavy atom. The largest absolute Gasteiger partial charge is 0.354 e. The second-order valence-corrected chi connectivity index (χ2v) is 5.34. The van der Waals surface area contributed by atoms with Crippen LogP contribution in [0, 0.1) is 5.82 Å². The Kier molecular flexibility index (Phi) is 4.72. The highest BCUT2D eigenvalue weighted by Gasteiger charge is 2.21. The van der Waals surface area contributed by atoms with E-state index in [2.05, 4.69) is 26.6 Å². The average Bonchev–Trinajstić information content (AvgIpc) is 2.87. The summed E-state index contributed by atoms with van der Waals surface area (Å²) < 4.78 is 14.3. The van der Waals surface area contributed by atoms with Gasteiger partial charge in [0, 0.05) is 11.0 Å². The maximum atomic E-state index is 13.4. The minimum absolute atomic E-state index is 0.0166. The molecule has 0 bridgehead atoms. The summed E-state index contributed by atoms with van der Waals surface area (Å²) in [5.41, 5.74) is 0.615. The van der Waals surface area contributed by atoms with Crippen LogP contribution in [0.4, 0.5) is 4.39 Å². The first-order valence-electron chi connectivity index (χ1n) is 6.12. The van der Waals surface area contributed by atoms with Gasteiger partial charge >= 0.3 is 0 Å². The van der Waals surface area contributed by atoms with E-state index in [1.54, 1.807) is 12.1 Å². The van der Waals surface area contributed by atoms with Crippen LogP contribution in [-0.4, -0.2) is 25.0 Å². The monoisotopic (exact) mass is 314 g/mol. The molecule has 2 N–H and O–H groups in total. The third kappa shape index (κ3) is 3.53. The van der Waals surface area contributed by atoms with Gasteiger partial charge in [-0.2, -0.15) is 0 Å². The van der Waals surface area contributed by atoms with Gasteiger partial charge in [0.2, 0.25) is 5.91 Å². The van der Waals surface area contributed by atoms with Gasteiger partial charge in [-0.1, -0.05) is 15.9 Å². The first-order valence-corrected chi connectivity index (χ1v) is 6.91. The number of rotatable bonds is 4. The van der Waals surface area contributed by atoms with Crippen LogP contribution in [0.15, 0.2) is 22.7 Å². The SMILES string of the molecule is O=C(NCCc1cc(Br)ccc1F)C1CCCN1. The van der Waals surface area contributed by atoms with Crippen molar-refractivity contribution in [3.8, 4) is 0 Å². The highest BCUT2D eigenvalue weighted by atomic mass is 79.9. The van der Waals surface area contributed by atoms with Gasteiger partial charge in [0.25, 0.3) is 0 Å². The molecule has 3 nitrogen and oxygen atoms in total. The van der Waals surface area contributed by atoms with Crippen LogP contribution in [0.1, 0.15) is 18.4 Å². The fraction of sp³-hybridized carbons (Fsp3) is 0.462. The zero-order chi connectivity index (χ0) is 13.0. The van der Waals surface area contributed by atoms with Crippen molar-refractivity contribution in [2.75, 3.05) is 13.1 Å². The maximum absolute atomic E-state index is 13.4. The molecule has 0 aromatic heterocycles. The summed E-state index contributed by atoms with van der Waals surface area (Å²) in [6, 6.07) is 4.77. The molecule has 1 fully saturated rings. The van der Waals surface area contributed by atoms with Crippen molar-refractivity contribution in [2.24, 2.45) is 0 Å². The van der Waals surface area contributed by atoms with E-state index in [0.29, 0.717) is 18.5 Å². The van der Waals surface area contributed by atoms with E-state index in [1.807, 2.05) is 0 Å². The Hall–Kier alpha value is -0.940. The third-order valence-electron chi connectivity index (χ3n) is 3.08. The second-order valence-electron chi connectivity index (χ2n) is 4.43. The van der Waals surface area contributed by atoms with Crippen molar-refractivity contribution < 1.29 is 9.18 Å². The first-order chi connectivity index (χ1) is 8.66. The van der Waals surface area contributed by atoms with E-state index in [1.165, 1.54) is 6.07 Å². The fourth-order valence-electron chi connectivity index (χ4n) is 2.09. The van der Waals surface area contributed by atoms with Gasteiger partial charge in [-0.15, -0.1) is 0 Å².